The summed E-state index contributed by atoms with van der Waals surface area (Å²) in [6, 6.07) is 1.62. The van der Waals surface area contributed by atoms with E-state index in [0.717, 1.165) is 15.6 Å². The number of rotatable bonds is 1. The second-order valence-corrected chi connectivity index (χ2v) is 5.90. The van der Waals surface area contributed by atoms with E-state index in [4.69, 9.17) is 0 Å². The molecule has 0 aliphatic rings. The zero-order valence-corrected chi connectivity index (χ0v) is 11.9. The lowest BCUT2D eigenvalue weighted by Crippen LogP contribution is -2.21. The molecule has 3 heteroatoms. The molecule has 0 aromatic heterocycles. The molecule has 0 aliphatic carbocycles. The van der Waals surface area contributed by atoms with Gasteiger partial charge >= 0.3 is 0 Å². The highest BCUT2D eigenvalue weighted by molar-refractivity contribution is 9.10. The molecule has 1 aromatic carbocycles. The molecule has 0 atom stereocenters. The van der Waals surface area contributed by atoms with E-state index in [1.807, 2.05) is 34.6 Å². The summed E-state index contributed by atoms with van der Waals surface area (Å²) in [7, 11) is 0. The highest BCUT2D eigenvalue weighted by Crippen LogP contribution is 2.35. The fraction of sp³-hybridized carbons (Fsp3) is 0.462. The van der Waals surface area contributed by atoms with Crippen LogP contribution in [0.4, 0.5) is 0 Å². The van der Waals surface area contributed by atoms with Gasteiger partial charge in [-0.15, -0.1) is 0 Å². The Morgan fingerprint density at radius 3 is 2.25 bits per heavy atom. The summed E-state index contributed by atoms with van der Waals surface area (Å²) in [4.78, 5) is 12.2. The van der Waals surface area contributed by atoms with Crippen molar-refractivity contribution in [3.05, 3.63) is 27.2 Å². The number of phenolic OH excluding ortho intramolecular Hbond substituents is 1. The number of phenols is 1. The number of ketones is 1. The fourth-order valence-corrected chi connectivity index (χ4v) is 1.91. The van der Waals surface area contributed by atoms with Gasteiger partial charge in [0.1, 0.15) is 5.75 Å². The van der Waals surface area contributed by atoms with Crippen molar-refractivity contribution < 1.29 is 9.90 Å². The molecule has 0 spiro atoms. The Bertz CT molecular complexity index is 442. The maximum Gasteiger partial charge on any atom is 0.172 e. The van der Waals surface area contributed by atoms with E-state index in [9.17, 15) is 9.90 Å². The van der Waals surface area contributed by atoms with Crippen LogP contribution < -0.4 is 0 Å². The largest absolute Gasteiger partial charge is 0.507 e. The molecule has 0 bridgehead atoms. The molecule has 0 saturated heterocycles. The SMILES string of the molecule is Cc1cc(O)c(C(=O)C(C)(C)C)c(C)c1Br. The van der Waals surface area contributed by atoms with Gasteiger partial charge < -0.3 is 5.11 Å². The molecule has 1 rings (SSSR count). The highest BCUT2D eigenvalue weighted by atomic mass is 79.9. The molecule has 0 fully saturated rings. The first-order valence-corrected chi connectivity index (χ1v) is 5.99. The predicted octanol–water partition coefficient (Wildman–Crippen LogP) is 4.00. The van der Waals surface area contributed by atoms with Crippen LogP contribution in [-0.4, -0.2) is 10.9 Å². The van der Waals surface area contributed by atoms with Crippen LogP contribution in [0.15, 0.2) is 10.5 Å². The molecule has 16 heavy (non-hydrogen) atoms. The number of carbonyl (C=O) groups excluding carboxylic acids is 1. The lowest BCUT2D eigenvalue weighted by molar-refractivity contribution is 0.0854. The first kappa shape index (κ1) is 13.2. The van der Waals surface area contributed by atoms with E-state index in [2.05, 4.69) is 15.9 Å². The zero-order chi connectivity index (χ0) is 12.7. The monoisotopic (exact) mass is 284 g/mol. The van der Waals surface area contributed by atoms with E-state index in [1.165, 1.54) is 0 Å². The van der Waals surface area contributed by atoms with Gasteiger partial charge in [0.2, 0.25) is 0 Å². The minimum absolute atomic E-state index is 0.0387. The van der Waals surface area contributed by atoms with Gasteiger partial charge in [-0.25, -0.2) is 0 Å². The predicted molar refractivity (Wildman–Crippen MR) is 69.1 cm³/mol. The number of hydrogen-bond acceptors (Lipinski definition) is 2. The van der Waals surface area contributed by atoms with Crippen molar-refractivity contribution in [2.45, 2.75) is 34.6 Å². The molecule has 1 N–H and O–H groups in total. The number of Topliss-reactive ketones (excluding diaryl/α,β-unsaturated/α-hetero) is 1. The minimum atomic E-state index is -0.489. The number of hydrogen-bond donors (Lipinski definition) is 1. The van der Waals surface area contributed by atoms with E-state index in [-0.39, 0.29) is 11.5 Å². The number of carbonyl (C=O) groups is 1. The number of aromatic hydroxyl groups is 1. The molecule has 0 saturated carbocycles. The molecule has 1 aromatic rings. The van der Waals surface area contributed by atoms with Crippen molar-refractivity contribution in [1.82, 2.24) is 0 Å². The van der Waals surface area contributed by atoms with Crippen molar-refractivity contribution in [3.8, 4) is 5.75 Å². The highest BCUT2D eigenvalue weighted by Gasteiger charge is 2.28. The quantitative estimate of drug-likeness (QED) is 0.792. The van der Waals surface area contributed by atoms with Crippen LogP contribution in [0.3, 0.4) is 0 Å². The number of benzene rings is 1. The maximum absolute atomic E-state index is 12.2. The molecular weight excluding hydrogens is 268 g/mol. The van der Waals surface area contributed by atoms with Gasteiger partial charge in [-0.1, -0.05) is 36.7 Å². The Morgan fingerprint density at radius 1 is 1.31 bits per heavy atom. The van der Waals surface area contributed by atoms with Gasteiger partial charge in [0, 0.05) is 9.89 Å². The Labute approximate surface area is 105 Å². The molecule has 88 valence electrons. The average molecular weight is 285 g/mol. The Morgan fingerprint density at radius 2 is 1.81 bits per heavy atom. The first-order valence-electron chi connectivity index (χ1n) is 5.19. The average Bonchev–Trinajstić information content (AvgIpc) is 2.13. The van der Waals surface area contributed by atoms with Crippen molar-refractivity contribution in [2.24, 2.45) is 5.41 Å². The molecule has 0 heterocycles. The topological polar surface area (TPSA) is 37.3 Å². The summed E-state index contributed by atoms with van der Waals surface area (Å²) in [5.41, 5.74) is 1.67. The normalized spacial score (nSPS) is 11.6. The molecule has 0 aliphatic heterocycles. The zero-order valence-electron chi connectivity index (χ0n) is 10.3. The Hall–Kier alpha value is -0.830. The van der Waals surface area contributed by atoms with Crippen molar-refractivity contribution in [1.29, 1.82) is 0 Å². The van der Waals surface area contributed by atoms with Crippen LogP contribution >= 0.6 is 15.9 Å². The Balaban J connectivity index is 3.47. The third-order valence-electron chi connectivity index (χ3n) is 2.57. The summed E-state index contributed by atoms with van der Waals surface area (Å²) in [5.74, 6) is 0.0290. The molecular formula is C13H17BrO2. The van der Waals surface area contributed by atoms with Crippen LogP contribution in [0, 0.1) is 19.3 Å². The summed E-state index contributed by atoms with van der Waals surface area (Å²) >= 11 is 3.44. The summed E-state index contributed by atoms with van der Waals surface area (Å²) in [6.07, 6.45) is 0. The van der Waals surface area contributed by atoms with Crippen molar-refractivity contribution >= 4 is 21.7 Å². The lowest BCUT2D eigenvalue weighted by Gasteiger charge is -2.20. The van der Waals surface area contributed by atoms with E-state index >= 15 is 0 Å². The van der Waals surface area contributed by atoms with Gasteiger partial charge in [-0.2, -0.15) is 0 Å². The van der Waals surface area contributed by atoms with Gasteiger partial charge in [0.15, 0.2) is 5.78 Å². The standard InChI is InChI=1S/C13H17BrO2/c1-7-6-9(15)10(8(2)11(7)14)12(16)13(3,4)5/h6,15H,1-5H3. The first-order chi connectivity index (χ1) is 7.16. The summed E-state index contributed by atoms with van der Waals surface area (Å²) < 4.78 is 0.887. The molecule has 0 radical (unpaired) electrons. The number of aryl methyl sites for hydroxylation is 1. The fourth-order valence-electron chi connectivity index (χ4n) is 1.60. The third kappa shape index (κ3) is 2.29. The molecule has 2 nitrogen and oxygen atoms in total. The van der Waals surface area contributed by atoms with Crippen LogP contribution in [0.2, 0.25) is 0 Å². The number of halogens is 1. The second-order valence-electron chi connectivity index (χ2n) is 5.11. The van der Waals surface area contributed by atoms with Crippen molar-refractivity contribution in [3.63, 3.8) is 0 Å². The van der Waals surface area contributed by atoms with Gasteiger partial charge in [-0.3, -0.25) is 4.79 Å². The van der Waals surface area contributed by atoms with Crippen LogP contribution in [-0.2, 0) is 0 Å². The summed E-state index contributed by atoms with van der Waals surface area (Å²) in [6.45, 7) is 9.28. The minimum Gasteiger partial charge on any atom is -0.507 e. The second kappa shape index (κ2) is 4.21. The summed E-state index contributed by atoms with van der Waals surface area (Å²) in [5, 5.41) is 9.89. The van der Waals surface area contributed by atoms with E-state index in [0.29, 0.717) is 5.56 Å². The van der Waals surface area contributed by atoms with Gasteiger partial charge in [0.25, 0.3) is 0 Å². The lowest BCUT2D eigenvalue weighted by atomic mass is 9.84. The van der Waals surface area contributed by atoms with Crippen LogP contribution in [0.5, 0.6) is 5.75 Å². The Kier molecular flexibility index (Phi) is 3.48. The maximum atomic E-state index is 12.2. The van der Waals surface area contributed by atoms with Gasteiger partial charge in [-0.05, 0) is 31.0 Å². The smallest absolute Gasteiger partial charge is 0.172 e. The van der Waals surface area contributed by atoms with Crippen LogP contribution in [0.25, 0.3) is 0 Å². The van der Waals surface area contributed by atoms with Crippen molar-refractivity contribution in [2.75, 3.05) is 0 Å². The van der Waals surface area contributed by atoms with Crippen LogP contribution in [0.1, 0.15) is 42.3 Å². The van der Waals surface area contributed by atoms with E-state index in [1.54, 1.807) is 6.07 Å². The third-order valence-corrected chi connectivity index (χ3v) is 3.79. The van der Waals surface area contributed by atoms with E-state index < -0.39 is 5.41 Å². The van der Waals surface area contributed by atoms with Gasteiger partial charge in [0.05, 0.1) is 5.56 Å². The molecule has 0 amide bonds. The molecule has 0 unspecified atom stereocenters.